The highest BCUT2D eigenvalue weighted by atomic mass is 16.6. The van der Waals surface area contributed by atoms with Crippen LogP contribution in [0.4, 0.5) is 4.79 Å². The molecule has 0 spiro atoms. The summed E-state index contributed by atoms with van der Waals surface area (Å²) in [6, 6.07) is 27.8. The lowest BCUT2D eigenvalue weighted by molar-refractivity contribution is -0.128. The smallest absolute Gasteiger partial charge is 0.407 e. The summed E-state index contributed by atoms with van der Waals surface area (Å²) in [6.45, 7) is 10.5. The maximum Gasteiger partial charge on any atom is 0.407 e. The fourth-order valence-corrected chi connectivity index (χ4v) is 8.37. The van der Waals surface area contributed by atoms with Gasteiger partial charge in [-0.05, 0) is 62.6 Å². The number of amides is 2. The Labute approximate surface area is 342 Å². The van der Waals surface area contributed by atoms with Crippen molar-refractivity contribution in [2.75, 3.05) is 13.2 Å². The minimum atomic E-state index is -1.47. The van der Waals surface area contributed by atoms with Crippen LogP contribution in [0.5, 0.6) is 0 Å². The summed E-state index contributed by atoms with van der Waals surface area (Å²) >= 11 is 0. The lowest BCUT2D eigenvalue weighted by Gasteiger charge is -2.37. The van der Waals surface area contributed by atoms with Crippen molar-refractivity contribution in [1.82, 2.24) is 21.3 Å². The minimum Gasteiger partial charge on any atom is -0.444 e. The second-order valence-electron chi connectivity index (χ2n) is 17.4. The maximum absolute atomic E-state index is 15.3. The highest BCUT2D eigenvalue weighted by molar-refractivity contribution is 6.19. The maximum atomic E-state index is 15.3. The molecule has 11 nitrogen and oxygen atoms in total. The van der Waals surface area contributed by atoms with Crippen LogP contribution in [0.15, 0.2) is 115 Å². The number of hydrogen-bond acceptors (Lipinski definition) is 9. The van der Waals surface area contributed by atoms with E-state index in [9.17, 15) is 14.7 Å². The number of hydrogen-bond donors (Lipinski definition) is 5. The molecule has 3 aliphatic heterocycles. The van der Waals surface area contributed by atoms with E-state index in [1.807, 2.05) is 126 Å². The highest BCUT2D eigenvalue weighted by Gasteiger charge is 2.57. The fraction of sp³-hybridized carbons (Fsp3) is 0.447. The molecule has 5 N–H and O–H groups in total. The molecule has 0 bridgehead atoms. The predicted molar refractivity (Wildman–Crippen MR) is 222 cm³/mol. The van der Waals surface area contributed by atoms with Crippen LogP contribution in [0, 0.1) is 11.8 Å². The van der Waals surface area contributed by atoms with E-state index in [0.29, 0.717) is 31.6 Å². The van der Waals surface area contributed by atoms with Gasteiger partial charge in [0.05, 0.1) is 31.3 Å². The first-order chi connectivity index (χ1) is 27.7. The first-order valence-electron chi connectivity index (χ1n) is 20.4. The Morgan fingerprint density at radius 2 is 1.45 bits per heavy atom. The van der Waals surface area contributed by atoms with Gasteiger partial charge in [0.15, 0.2) is 11.6 Å². The molecule has 3 aliphatic rings. The number of rotatable bonds is 16. The van der Waals surface area contributed by atoms with Gasteiger partial charge in [-0.25, -0.2) is 4.79 Å². The van der Waals surface area contributed by atoms with Gasteiger partial charge in [-0.15, -0.1) is 0 Å². The van der Waals surface area contributed by atoms with E-state index in [1.165, 1.54) is 0 Å². The lowest BCUT2D eigenvalue weighted by atomic mass is 9.71. The molecular weight excluding hydrogens is 733 g/mol. The summed E-state index contributed by atoms with van der Waals surface area (Å²) in [6.07, 6.45) is 2.50. The van der Waals surface area contributed by atoms with Crippen molar-refractivity contribution in [1.29, 1.82) is 0 Å². The molecule has 2 amide bonds. The number of ether oxygens (including phenoxy) is 2. The number of ketones is 2. The van der Waals surface area contributed by atoms with Gasteiger partial charge in [0.1, 0.15) is 17.2 Å². The van der Waals surface area contributed by atoms with E-state index in [1.54, 1.807) is 12.4 Å². The zero-order valence-corrected chi connectivity index (χ0v) is 34.3. The van der Waals surface area contributed by atoms with Gasteiger partial charge >= 0.3 is 6.09 Å². The highest BCUT2D eigenvalue weighted by Crippen LogP contribution is 2.42. The number of aliphatic hydroxyl groups excluding tert-OH is 1. The third kappa shape index (κ3) is 10.1. The topological polar surface area (TPSA) is 155 Å². The first kappa shape index (κ1) is 42.3. The van der Waals surface area contributed by atoms with Crippen molar-refractivity contribution >= 4 is 23.6 Å². The summed E-state index contributed by atoms with van der Waals surface area (Å²) in [5.74, 6) is -1.79. The molecule has 58 heavy (non-hydrogen) atoms. The Morgan fingerprint density at radius 3 is 2.02 bits per heavy atom. The van der Waals surface area contributed by atoms with Crippen LogP contribution in [-0.2, 0) is 43.1 Å². The monoisotopic (exact) mass is 790 g/mol. The third-order valence-electron chi connectivity index (χ3n) is 11.1. The predicted octanol–water partition coefficient (Wildman–Crippen LogP) is 5.52. The number of carbonyl (C=O) groups is 4. The van der Waals surface area contributed by atoms with Crippen LogP contribution in [0.1, 0.15) is 70.6 Å². The number of carbonyl (C=O) groups excluding carboxylic acids is 4. The number of aliphatic hydroxyl groups is 1. The van der Waals surface area contributed by atoms with Gasteiger partial charge in [0.25, 0.3) is 0 Å². The van der Waals surface area contributed by atoms with E-state index >= 15 is 9.59 Å². The van der Waals surface area contributed by atoms with Gasteiger partial charge in [0.2, 0.25) is 5.91 Å². The van der Waals surface area contributed by atoms with Gasteiger partial charge in [0, 0.05) is 48.3 Å². The van der Waals surface area contributed by atoms with Crippen LogP contribution in [0.3, 0.4) is 0 Å². The van der Waals surface area contributed by atoms with Crippen LogP contribution in [-0.4, -0.2) is 76.8 Å². The second kappa shape index (κ2) is 18.1. The Balaban J connectivity index is 1.33. The normalized spacial score (nSPS) is 23.3. The Hall–Kier alpha value is -5.26. The van der Waals surface area contributed by atoms with Crippen molar-refractivity contribution in [2.24, 2.45) is 11.8 Å². The first-order valence-corrected chi connectivity index (χ1v) is 20.4. The number of alkyl carbamates (subject to hydrolysis) is 1. The van der Waals surface area contributed by atoms with E-state index in [4.69, 9.17) is 9.47 Å². The Bertz CT molecular complexity index is 1970. The molecule has 3 aromatic carbocycles. The second-order valence-corrected chi connectivity index (χ2v) is 17.4. The van der Waals surface area contributed by atoms with Gasteiger partial charge in [-0.1, -0.05) is 105 Å². The summed E-state index contributed by atoms with van der Waals surface area (Å²) in [4.78, 5) is 57.7. The molecule has 11 heteroatoms. The SMILES string of the molecule is CC(C)C[C@@]1(C2=CN[C@@](Cc3ccccc3)(C[C@H](O)[C@H](Cc3ccccc3)NC(=O)O[C@H]3CCOC3)C2=O)NC=C([C@@H](Cc2ccccc2)C(=O)NC(C)(C)C)C1=O. The van der Waals surface area contributed by atoms with Gasteiger partial charge in [-0.3, -0.25) is 14.4 Å². The van der Waals surface area contributed by atoms with Crippen molar-refractivity contribution in [3.8, 4) is 0 Å². The van der Waals surface area contributed by atoms with Crippen LogP contribution < -0.4 is 21.3 Å². The summed E-state index contributed by atoms with van der Waals surface area (Å²) < 4.78 is 11.0. The van der Waals surface area contributed by atoms with E-state index in [0.717, 1.165) is 16.7 Å². The van der Waals surface area contributed by atoms with E-state index < -0.39 is 40.8 Å². The minimum absolute atomic E-state index is 0.0284. The average molecular weight is 791 g/mol. The van der Waals surface area contributed by atoms with Crippen LogP contribution in [0.2, 0.25) is 0 Å². The zero-order chi connectivity index (χ0) is 41.5. The molecule has 0 unspecified atom stereocenters. The van der Waals surface area contributed by atoms with Crippen molar-refractivity contribution in [2.45, 2.75) is 108 Å². The van der Waals surface area contributed by atoms with E-state index in [2.05, 4.69) is 21.3 Å². The number of Topliss-reactive ketones (excluding diaryl/α,β-unsaturated/α-hetero) is 2. The quantitative estimate of drug-likeness (QED) is 0.126. The number of nitrogens with one attached hydrogen (secondary N) is 4. The van der Waals surface area contributed by atoms with Crippen molar-refractivity contribution in [3.05, 3.63) is 131 Å². The molecule has 1 saturated heterocycles. The fourth-order valence-electron chi connectivity index (χ4n) is 8.37. The summed E-state index contributed by atoms with van der Waals surface area (Å²) in [5, 5.41) is 24.9. The molecule has 1 fully saturated rings. The van der Waals surface area contributed by atoms with Gasteiger partial charge in [-0.2, -0.15) is 0 Å². The summed E-state index contributed by atoms with van der Waals surface area (Å²) in [7, 11) is 0. The van der Waals surface area contributed by atoms with Crippen LogP contribution in [0.25, 0.3) is 0 Å². The molecule has 6 atom stereocenters. The van der Waals surface area contributed by atoms with Crippen molar-refractivity contribution in [3.63, 3.8) is 0 Å². The average Bonchev–Trinajstić information content (AvgIpc) is 3.89. The molecule has 0 aromatic heterocycles. The lowest BCUT2D eigenvalue weighted by Crippen LogP contribution is -2.57. The largest absolute Gasteiger partial charge is 0.444 e. The van der Waals surface area contributed by atoms with Gasteiger partial charge < -0.3 is 35.8 Å². The molecule has 3 heterocycles. The van der Waals surface area contributed by atoms with E-state index in [-0.39, 0.29) is 60.8 Å². The summed E-state index contributed by atoms with van der Waals surface area (Å²) in [5.41, 5.74) is -0.226. The Morgan fingerprint density at radius 1 is 0.845 bits per heavy atom. The van der Waals surface area contributed by atoms with Crippen molar-refractivity contribution < 1.29 is 33.8 Å². The Kier molecular flexibility index (Phi) is 13.2. The molecule has 0 saturated carbocycles. The molecular formula is C47H58N4O7. The standard InChI is InChI=1S/C47H58N4O7/c1-31(2)25-47(41(53)37(28-49-47)36(43(55)51-45(3,4)5)23-32-15-9-6-10-16-32)38-29-48-46(42(38)54,26-34-19-13-8-14-20-34)27-40(52)39(24-33-17-11-7-12-18-33)50-44(56)58-35-21-22-57-30-35/h6-20,28-29,31,35-36,39-40,48-49,52H,21-27,30H2,1-5H3,(H,50,56)(H,51,55)/t35-,36+,39-,40-,46-,47-/m0/s1. The molecule has 308 valence electrons. The molecule has 6 rings (SSSR count). The van der Waals surface area contributed by atoms with Crippen LogP contribution >= 0.6 is 0 Å². The number of benzene rings is 3. The molecule has 0 radical (unpaired) electrons. The third-order valence-corrected chi connectivity index (χ3v) is 11.1. The molecule has 0 aliphatic carbocycles. The zero-order valence-electron chi connectivity index (χ0n) is 34.3. The molecule has 3 aromatic rings.